The summed E-state index contributed by atoms with van der Waals surface area (Å²) < 4.78 is 5.48. The fourth-order valence-electron chi connectivity index (χ4n) is 6.18. The Hall–Kier alpha value is -2.11. The van der Waals surface area contributed by atoms with Crippen LogP contribution in [0.5, 0.6) is 5.75 Å². The maximum atomic E-state index is 12.5. The average molecular weight is 372 g/mol. The van der Waals surface area contributed by atoms with E-state index in [0.717, 1.165) is 23.3 Å². The molecular weight excluding hydrogens is 344 g/mol. The van der Waals surface area contributed by atoms with Gasteiger partial charge in [-0.15, -0.1) is 0 Å². The number of nitrogens with zero attached hydrogens (tertiary/aromatic N) is 1. The summed E-state index contributed by atoms with van der Waals surface area (Å²) in [7, 11) is 0. The Morgan fingerprint density at radius 1 is 1.26 bits per heavy atom. The molecule has 1 atom stereocenters. The van der Waals surface area contributed by atoms with Crippen molar-refractivity contribution in [2.24, 2.45) is 23.2 Å². The van der Waals surface area contributed by atoms with Crippen LogP contribution in [0, 0.1) is 40.2 Å². The molecule has 0 spiro atoms. The minimum Gasteiger partial charge on any atom is -0.477 e. The van der Waals surface area contributed by atoms with Crippen molar-refractivity contribution < 1.29 is 14.5 Å². The van der Waals surface area contributed by atoms with Crippen LogP contribution in [-0.2, 0) is 4.79 Å². The van der Waals surface area contributed by atoms with E-state index in [9.17, 15) is 14.9 Å². The van der Waals surface area contributed by atoms with E-state index in [0.29, 0.717) is 0 Å². The zero-order valence-electron chi connectivity index (χ0n) is 16.1. The lowest BCUT2D eigenvalue weighted by molar-refractivity contribution is -0.385. The monoisotopic (exact) mass is 372 g/mol. The molecule has 1 N–H and O–H groups in total. The number of nitro benzene ring substituents is 1. The van der Waals surface area contributed by atoms with Crippen LogP contribution in [0.2, 0.25) is 0 Å². The summed E-state index contributed by atoms with van der Waals surface area (Å²) in [4.78, 5) is 23.2. The number of ether oxygens (including phenoxy) is 1. The Labute approximate surface area is 159 Å². The molecule has 1 aromatic carbocycles. The largest absolute Gasteiger partial charge is 0.477 e. The maximum Gasteiger partial charge on any atom is 0.311 e. The van der Waals surface area contributed by atoms with E-state index >= 15 is 0 Å². The number of hydrogen-bond acceptors (Lipinski definition) is 4. The van der Waals surface area contributed by atoms with Crippen LogP contribution < -0.4 is 10.1 Å². The fourth-order valence-corrected chi connectivity index (χ4v) is 6.18. The number of carbonyl (C=O) groups is 1. The molecule has 146 valence electrons. The van der Waals surface area contributed by atoms with Gasteiger partial charge in [0.2, 0.25) is 0 Å². The minimum absolute atomic E-state index is 0.100. The standard InChI is InChI=1S/C21H28N2O4/c1-13-3-4-19(18(5-13)23(25)26)27-12-20(24)22-14(2)21-9-15-6-16(10-21)8-17(7-15)11-21/h3-5,14-17H,6-12H2,1-2H3,(H,22,24)/t14-,15?,16?,17?,21?/m0/s1. The third-order valence-electron chi connectivity index (χ3n) is 7.05. The molecule has 6 heteroatoms. The molecular formula is C21H28N2O4. The number of rotatable bonds is 6. The summed E-state index contributed by atoms with van der Waals surface area (Å²) in [5.74, 6) is 2.45. The third-order valence-corrected chi connectivity index (χ3v) is 7.05. The van der Waals surface area contributed by atoms with E-state index in [1.165, 1.54) is 44.6 Å². The number of benzene rings is 1. The van der Waals surface area contributed by atoms with E-state index in [2.05, 4.69) is 12.2 Å². The normalized spacial score (nSPS) is 32.1. The van der Waals surface area contributed by atoms with E-state index in [4.69, 9.17) is 4.74 Å². The molecule has 1 amide bonds. The summed E-state index contributed by atoms with van der Waals surface area (Å²) in [5.41, 5.74) is 0.922. The first-order valence-corrected chi connectivity index (χ1v) is 10.0. The van der Waals surface area contributed by atoms with Crippen LogP contribution in [0.25, 0.3) is 0 Å². The first-order valence-electron chi connectivity index (χ1n) is 10.0. The Morgan fingerprint density at radius 3 is 2.41 bits per heavy atom. The minimum atomic E-state index is -0.474. The highest BCUT2D eigenvalue weighted by Gasteiger charge is 2.53. The second-order valence-corrected chi connectivity index (χ2v) is 9.09. The van der Waals surface area contributed by atoms with Gasteiger partial charge >= 0.3 is 5.69 Å². The van der Waals surface area contributed by atoms with E-state index in [1.54, 1.807) is 19.1 Å². The predicted octanol–water partition coefficient (Wildman–Crippen LogP) is 4.00. The van der Waals surface area contributed by atoms with Crippen molar-refractivity contribution in [3.05, 3.63) is 33.9 Å². The predicted molar refractivity (Wildman–Crippen MR) is 102 cm³/mol. The number of carbonyl (C=O) groups excluding carboxylic acids is 1. The summed E-state index contributed by atoms with van der Waals surface area (Å²) >= 11 is 0. The SMILES string of the molecule is Cc1ccc(OCC(=O)N[C@@H](C)C23CC4CC(CC(C4)C2)C3)c([N+](=O)[O-])c1. The molecule has 0 heterocycles. The van der Waals surface area contributed by atoms with Gasteiger partial charge < -0.3 is 10.1 Å². The van der Waals surface area contributed by atoms with Crippen LogP contribution >= 0.6 is 0 Å². The number of aryl methyl sites for hydroxylation is 1. The van der Waals surface area contributed by atoms with Crippen LogP contribution in [0.4, 0.5) is 5.69 Å². The molecule has 0 unspecified atom stereocenters. The number of nitrogens with one attached hydrogen (secondary N) is 1. The molecule has 0 aliphatic heterocycles. The number of nitro groups is 1. The van der Waals surface area contributed by atoms with Gasteiger partial charge in [0.1, 0.15) is 0 Å². The van der Waals surface area contributed by atoms with Gasteiger partial charge in [-0.3, -0.25) is 14.9 Å². The molecule has 4 fully saturated rings. The van der Waals surface area contributed by atoms with Crippen molar-refractivity contribution in [1.82, 2.24) is 5.32 Å². The fraction of sp³-hybridized carbons (Fsp3) is 0.667. The van der Waals surface area contributed by atoms with Gasteiger partial charge in [0.25, 0.3) is 5.91 Å². The Morgan fingerprint density at radius 2 is 1.85 bits per heavy atom. The van der Waals surface area contributed by atoms with Gasteiger partial charge in [-0.2, -0.15) is 0 Å². The Kier molecular flexibility index (Phi) is 4.60. The van der Waals surface area contributed by atoms with Gasteiger partial charge in [0.05, 0.1) is 4.92 Å². The lowest BCUT2D eigenvalue weighted by atomic mass is 9.48. The number of amides is 1. The molecule has 4 aliphatic rings. The van der Waals surface area contributed by atoms with Crippen LogP contribution in [-0.4, -0.2) is 23.5 Å². The molecule has 4 bridgehead atoms. The molecule has 4 saturated carbocycles. The Bertz CT molecular complexity index is 725. The molecule has 27 heavy (non-hydrogen) atoms. The van der Waals surface area contributed by atoms with Crippen molar-refractivity contribution in [2.75, 3.05) is 6.61 Å². The van der Waals surface area contributed by atoms with Gasteiger partial charge in [0, 0.05) is 12.1 Å². The van der Waals surface area contributed by atoms with E-state index in [1.807, 2.05) is 0 Å². The van der Waals surface area contributed by atoms with E-state index in [-0.39, 0.29) is 35.4 Å². The van der Waals surface area contributed by atoms with Gasteiger partial charge in [-0.05, 0) is 87.2 Å². The average Bonchev–Trinajstić information content (AvgIpc) is 2.59. The molecule has 0 radical (unpaired) electrons. The van der Waals surface area contributed by atoms with Gasteiger partial charge in [-0.25, -0.2) is 0 Å². The molecule has 4 aliphatic carbocycles. The smallest absolute Gasteiger partial charge is 0.311 e. The van der Waals surface area contributed by atoms with Crippen LogP contribution in [0.15, 0.2) is 18.2 Å². The summed E-state index contributed by atoms with van der Waals surface area (Å²) in [5, 5.41) is 14.3. The zero-order chi connectivity index (χ0) is 19.2. The highest BCUT2D eigenvalue weighted by molar-refractivity contribution is 5.78. The first kappa shape index (κ1) is 18.3. The van der Waals surface area contributed by atoms with Crippen molar-refractivity contribution in [3.63, 3.8) is 0 Å². The second-order valence-electron chi connectivity index (χ2n) is 9.09. The van der Waals surface area contributed by atoms with Crippen LogP contribution in [0.3, 0.4) is 0 Å². The molecule has 6 nitrogen and oxygen atoms in total. The highest BCUT2D eigenvalue weighted by Crippen LogP contribution is 2.61. The third kappa shape index (κ3) is 3.54. The summed E-state index contributed by atoms with van der Waals surface area (Å²) in [6.07, 6.45) is 7.81. The van der Waals surface area contributed by atoms with E-state index < -0.39 is 4.92 Å². The molecule has 0 aromatic heterocycles. The molecule has 5 rings (SSSR count). The maximum absolute atomic E-state index is 12.5. The quantitative estimate of drug-likeness (QED) is 0.604. The van der Waals surface area contributed by atoms with Crippen molar-refractivity contribution in [2.45, 2.75) is 58.4 Å². The zero-order valence-corrected chi connectivity index (χ0v) is 16.1. The van der Waals surface area contributed by atoms with Crippen molar-refractivity contribution in [3.8, 4) is 5.75 Å². The second kappa shape index (κ2) is 6.80. The van der Waals surface area contributed by atoms with Crippen molar-refractivity contribution >= 4 is 11.6 Å². The highest BCUT2D eigenvalue weighted by atomic mass is 16.6. The lowest BCUT2D eigenvalue weighted by Crippen LogP contribution is -2.56. The van der Waals surface area contributed by atoms with Gasteiger partial charge in [0.15, 0.2) is 12.4 Å². The van der Waals surface area contributed by atoms with Crippen LogP contribution in [0.1, 0.15) is 51.0 Å². The Balaban J connectivity index is 1.37. The topological polar surface area (TPSA) is 81.5 Å². The van der Waals surface area contributed by atoms with Gasteiger partial charge in [-0.1, -0.05) is 6.07 Å². The number of hydrogen-bond donors (Lipinski definition) is 1. The molecule has 0 saturated heterocycles. The summed E-state index contributed by atoms with van der Waals surface area (Å²) in [6, 6.07) is 4.89. The first-order chi connectivity index (χ1) is 12.8. The summed E-state index contributed by atoms with van der Waals surface area (Å²) in [6.45, 7) is 3.72. The molecule has 1 aromatic rings. The van der Waals surface area contributed by atoms with Crippen molar-refractivity contribution in [1.29, 1.82) is 0 Å². The lowest BCUT2D eigenvalue weighted by Gasteiger charge is -2.59.